The molecule has 0 bridgehead atoms. The summed E-state index contributed by atoms with van der Waals surface area (Å²) in [5, 5.41) is 0.784. The summed E-state index contributed by atoms with van der Waals surface area (Å²) in [5.74, 6) is 0. The molecule has 0 N–H and O–H groups in total. The Labute approximate surface area is 108 Å². The van der Waals surface area contributed by atoms with Crippen LogP contribution in [0.25, 0.3) is 0 Å². The van der Waals surface area contributed by atoms with Gasteiger partial charge in [0.1, 0.15) is 6.61 Å². The van der Waals surface area contributed by atoms with Crippen LogP contribution in [0.3, 0.4) is 0 Å². The van der Waals surface area contributed by atoms with Crippen molar-refractivity contribution in [1.29, 1.82) is 0 Å². The Balaban J connectivity index is 3.41. The zero-order chi connectivity index (χ0) is 12.9. The van der Waals surface area contributed by atoms with E-state index in [4.69, 9.17) is 4.52 Å². The maximum Gasteiger partial charge on any atom is 0.543 e. The van der Waals surface area contributed by atoms with Gasteiger partial charge in [0.15, 0.2) is 5.31 Å². The van der Waals surface area contributed by atoms with E-state index in [0.717, 1.165) is 31.0 Å². The lowest BCUT2D eigenvalue weighted by Crippen LogP contribution is -1.87. The van der Waals surface area contributed by atoms with Crippen LogP contribution in [0.4, 0.5) is 0 Å². The van der Waals surface area contributed by atoms with Crippen LogP contribution in [0.2, 0.25) is 0 Å². The first-order valence-electron chi connectivity index (χ1n) is 7.00. The third-order valence-electron chi connectivity index (χ3n) is 2.78. The quantitative estimate of drug-likeness (QED) is 0.326. The van der Waals surface area contributed by atoms with E-state index in [1.165, 1.54) is 32.1 Å². The normalized spacial score (nSPS) is 11.5. The molecule has 100 valence electrons. The number of hydrogen-bond acceptors (Lipinski definition) is 2. The molecule has 0 fully saturated rings. The minimum absolute atomic E-state index is 0.598. The van der Waals surface area contributed by atoms with Crippen LogP contribution >= 0.6 is 8.03 Å². The van der Waals surface area contributed by atoms with Crippen LogP contribution in [-0.4, -0.2) is 6.61 Å². The summed E-state index contributed by atoms with van der Waals surface area (Å²) in [5.41, 5.74) is 0. The number of hydrogen-bond donors (Lipinski definition) is 0. The van der Waals surface area contributed by atoms with Crippen LogP contribution in [0.15, 0.2) is 11.9 Å². The van der Waals surface area contributed by atoms with E-state index >= 15 is 0 Å². The van der Waals surface area contributed by atoms with Crippen LogP contribution in [0.1, 0.15) is 71.6 Å². The monoisotopic (exact) mass is 259 g/mol. The maximum atomic E-state index is 11.6. The number of unbranched alkanes of at least 4 members (excludes halogenated alkanes) is 6. The minimum Gasteiger partial charge on any atom is -0.142 e. The average Bonchev–Trinajstić information content (AvgIpc) is 2.33. The van der Waals surface area contributed by atoms with Gasteiger partial charge < -0.3 is 0 Å². The van der Waals surface area contributed by atoms with Crippen molar-refractivity contribution in [3.05, 3.63) is 11.9 Å². The first kappa shape index (κ1) is 16.8. The smallest absolute Gasteiger partial charge is 0.142 e. The van der Waals surface area contributed by atoms with E-state index in [9.17, 15) is 4.57 Å². The molecule has 0 aromatic heterocycles. The van der Waals surface area contributed by atoms with E-state index < -0.39 is 8.03 Å². The topological polar surface area (TPSA) is 26.3 Å². The second-order valence-corrected chi connectivity index (χ2v) is 5.93. The molecule has 1 atom stereocenters. The zero-order valence-corrected chi connectivity index (χ0v) is 12.4. The highest BCUT2D eigenvalue weighted by Crippen LogP contribution is 2.35. The average molecular weight is 259 g/mol. The molecule has 0 aliphatic carbocycles. The number of rotatable bonds is 12. The predicted molar refractivity (Wildman–Crippen MR) is 75.6 cm³/mol. The molecule has 2 nitrogen and oxygen atoms in total. The predicted octanol–water partition coefficient (Wildman–Crippen LogP) is 5.81. The molecule has 0 rings (SSSR count). The Morgan fingerprint density at radius 2 is 1.59 bits per heavy atom. The first-order chi connectivity index (χ1) is 8.22. The summed E-state index contributed by atoms with van der Waals surface area (Å²) in [6, 6.07) is 0. The van der Waals surface area contributed by atoms with Gasteiger partial charge in [-0.25, -0.2) is 0 Å². The minimum atomic E-state index is -1.63. The summed E-state index contributed by atoms with van der Waals surface area (Å²) >= 11 is 0. The van der Waals surface area contributed by atoms with Crippen molar-refractivity contribution in [2.24, 2.45) is 0 Å². The van der Waals surface area contributed by atoms with Crippen LogP contribution in [0.5, 0.6) is 0 Å². The standard InChI is InChI=1S/C14H28O2P/c1-4-6-8-9-10-11-12-14(3)17(15)16-13-7-5-2/h3-13H2,1-2H3/q+1. The molecule has 1 unspecified atom stereocenters. The fourth-order valence-corrected chi connectivity index (χ4v) is 2.40. The first-order valence-corrected chi connectivity index (χ1v) is 8.18. The Morgan fingerprint density at radius 3 is 2.24 bits per heavy atom. The molecular formula is C14H28O2P+. The van der Waals surface area contributed by atoms with Crippen molar-refractivity contribution in [2.45, 2.75) is 71.6 Å². The third-order valence-corrected chi connectivity index (χ3v) is 3.94. The molecule has 0 saturated carbocycles. The van der Waals surface area contributed by atoms with Gasteiger partial charge >= 0.3 is 8.03 Å². The van der Waals surface area contributed by atoms with Crippen LogP contribution < -0.4 is 0 Å². The van der Waals surface area contributed by atoms with Crippen molar-refractivity contribution in [1.82, 2.24) is 0 Å². The van der Waals surface area contributed by atoms with Crippen molar-refractivity contribution in [3.8, 4) is 0 Å². The molecule has 0 spiro atoms. The van der Waals surface area contributed by atoms with Gasteiger partial charge in [0.2, 0.25) is 0 Å². The molecule has 0 aliphatic heterocycles. The van der Waals surface area contributed by atoms with Gasteiger partial charge in [-0.15, -0.1) is 4.52 Å². The molecule has 3 heteroatoms. The Kier molecular flexibility index (Phi) is 12.1. The third kappa shape index (κ3) is 10.7. The van der Waals surface area contributed by atoms with Crippen molar-refractivity contribution >= 4 is 8.03 Å². The Bertz CT molecular complexity index is 214. The molecule has 0 aromatic carbocycles. The van der Waals surface area contributed by atoms with Gasteiger partial charge in [-0.2, -0.15) is 0 Å². The van der Waals surface area contributed by atoms with E-state index in [2.05, 4.69) is 20.4 Å². The zero-order valence-electron chi connectivity index (χ0n) is 11.5. The fraction of sp³-hybridized carbons (Fsp3) is 0.857. The summed E-state index contributed by atoms with van der Waals surface area (Å²) in [6.45, 7) is 8.78. The highest BCUT2D eigenvalue weighted by molar-refractivity contribution is 7.44. The highest BCUT2D eigenvalue weighted by Gasteiger charge is 2.22. The van der Waals surface area contributed by atoms with Gasteiger partial charge in [-0.05, 0) is 24.0 Å². The van der Waals surface area contributed by atoms with E-state index in [1.54, 1.807) is 0 Å². The van der Waals surface area contributed by atoms with Gasteiger partial charge in [0, 0.05) is 6.42 Å². The second-order valence-electron chi connectivity index (χ2n) is 4.53. The van der Waals surface area contributed by atoms with Crippen LogP contribution in [-0.2, 0) is 9.09 Å². The summed E-state index contributed by atoms with van der Waals surface area (Å²) in [6.07, 6.45) is 10.4. The fourth-order valence-electron chi connectivity index (χ4n) is 1.58. The van der Waals surface area contributed by atoms with Gasteiger partial charge in [-0.3, -0.25) is 0 Å². The van der Waals surface area contributed by atoms with Crippen molar-refractivity contribution in [3.63, 3.8) is 0 Å². The SMILES string of the molecule is C=C(CCCCCCCC)[P+](=O)OCCCC. The largest absolute Gasteiger partial charge is 0.543 e. The van der Waals surface area contributed by atoms with E-state index in [0.29, 0.717) is 6.61 Å². The van der Waals surface area contributed by atoms with Crippen molar-refractivity contribution < 1.29 is 9.09 Å². The molecule has 0 aromatic rings. The molecule has 0 amide bonds. The molecule has 0 saturated heterocycles. The van der Waals surface area contributed by atoms with Gasteiger partial charge in [0.25, 0.3) is 0 Å². The van der Waals surface area contributed by atoms with E-state index in [-0.39, 0.29) is 0 Å². The lowest BCUT2D eigenvalue weighted by atomic mass is 10.1. The van der Waals surface area contributed by atoms with Gasteiger partial charge in [-0.1, -0.05) is 52.4 Å². The molecule has 17 heavy (non-hydrogen) atoms. The second kappa shape index (κ2) is 12.3. The molecule has 0 aliphatic rings. The van der Waals surface area contributed by atoms with Crippen molar-refractivity contribution in [2.75, 3.05) is 6.61 Å². The highest BCUT2D eigenvalue weighted by atomic mass is 31.1. The maximum absolute atomic E-state index is 11.6. The summed E-state index contributed by atoms with van der Waals surface area (Å²) in [7, 11) is -1.63. The summed E-state index contributed by atoms with van der Waals surface area (Å²) in [4.78, 5) is 0. The molecular weight excluding hydrogens is 231 g/mol. The Hall–Kier alpha value is -0.200. The van der Waals surface area contributed by atoms with E-state index in [1.807, 2.05) is 0 Å². The summed E-state index contributed by atoms with van der Waals surface area (Å²) < 4.78 is 16.9. The number of allylic oxidation sites excluding steroid dienone is 1. The molecule has 0 radical (unpaired) electrons. The van der Waals surface area contributed by atoms with Crippen LogP contribution in [0, 0.1) is 0 Å². The lowest BCUT2D eigenvalue weighted by Gasteiger charge is -1.98. The lowest BCUT2D eigenvalue weighted by molar-refractivity contribution is 0.324. The Morgan fingerprint density at radius 1 is 1.00 bits per heavy atom. The van der Waals surface area contributed by atoms with Gasteiger partial charge in [0.05, 0.1) is 0 Å². The molecule has 0 heterocycles.